The third-order valence-corrected chi connectivity index (χ3v) is 25.2. The lowest BCUT2D eigenvalue weighted by atomic mass is 9.74. The van der Waals surface area contributed by atoms with Crippen LogP contribution in [0, 0.1) is 41.4 Å². The highest BCUT2D eigenvalue weighted by Gasteiger charge is 2.56. The first kappa shape index (κ1) is 86.5. The molecule has 3 N–H and O–H groups in total. The van der Waals surface area contributed by atoms with E-state index in [2.05, 4.69) is 16.0 Å². The number of carbonyl (C=O) groups excluding carboxylic acids is 12. The number of rotatable bonds is 13. The number of hydrogen-bond donors (Lipinski definition) is 3. The molecule has 3 aliphatic heterocycles. The van der Waals surface area contributed by atoms with Crippen LogP contribution in [-0.4, -0.2) is 289 Å². The summed E-state index contributed by atoms with van der Waals surface area (Å²) in [6, 6.07) is -10.8. The number of nitrogens with one attached hydrogen (secondary N) is 3. The Labute approximate surface area is 632 Å². The summed E-state index contributed by atoms with van der Waals surface area (Å²) in [4.78, 5) is 193. The van der Waals surface area contributed by atoms with Crippen molar-refractivity contribution >= 4 is 70.9 Å². The van der Waals surface area contributed by atoms with E-state index in [1.54, 1.807) is 26.0 Å². The van der Waals surface area contributed by atoms with Crippen molar-refractivity contribution in [3.05, 3.63) is 12.2 Å². The zero-order chi connectivity index (χ0) is 79.5. The molecule has 7 fully saturated rings. The van der Waals surface area contributed by atoms with Crippen LogP contribution in [0.4, 0.5) is 26.3 Å². The monoisotopic (exact) mass is 1530 g/mol. The van der Waals surface area contributed by atoms with Gasteiger partial charge >= 0.3 is 6.18 Å². The molecule has 0 aromatic carbocycles. The van der Waals surface area contributed by atoms with Gasteiger partial charge < -0.3 is 64.8 Å². The molecule has 3 heterocycles. The highest BCUT2D eigenvalue weighted by atomic mass is 19.4. The van der Waals surface area contributed by atoms with E-state index in [0.29, 0.717) is 44.9 Å². The molecule has 25 nitrogen and oxygen atoms in total. The zero-order valence-corrected chi connectivity index (χ0v) is 65.4. The Bertz CT molecular complexity index is 3230. The van der Waals surface area contributed by atoms with E-state index in [9.17, 15) is 32.3 Å². The predicted molar refractivity (Wildman–Crippen MR) is 388 cm³/mol. The molecule has 0 aromatic heterocycles. The molecule has 5 unspecified atom stereocenters. The quantitative estimate of drug-likeness (QED) is 0.135. The standard InChI is InChI=1S/C77H120F6N12O13/c1-13-45(3)65-73(105)89(8)44-63(98)90(9)56-27-16-15-21-34-94(72(56)104)60(39-50-29-30-51(78)35-46(50)4)71(103)88(7)43-61(96)84-55(31-28-48-36-53(79)64(54(80)37-48)77(81,82)83)69(101)95-42-52(108-14-2)40-58(95)68(100)86-76(32-22-33-76)75(107)93(12)66(49-25-19-20-26-49)74(106)92(11)59(70(102)87(5)6)41-62(97)91(10)57(67(99)85-65)38-47-23-17-18-24-47/h15-16,45-60,64-66H,13-14,17-44H2,1-12H3,(H,84,96)(H,85,99)(H,86,100)/b16-15-/t45-,46?,48?,50?,51?,52+,53?,54?,55-,56-,57-,58-,59-,60-,64?,65-,66-/m0/s1. The Hall–Kier alpha value is -7.08. The largest absolute Gasteiger partial charge is 0.397 e. The van der Waals surface area contributed by atoms with Crippen molar-refractivity contribution in [3.63, 3.8) is 0 Å². The maximum absolute atomic E-state index is 15.6. The maximum Gasteiger partial charge on any atom is 0.397 e. The van der Waals surface area contributed by atoms with E-state index in [0.717, 1.165) is 45.3 Å². The van der Waals surface area contributed by atoms with Gasteiger partial charge in [-0.3, -0.25) is 57.5 Å². The molecule has 108 heavy (non-hydrogen) atoms. The molecule has 15 atom stereocenters. The van der Waals surface area contributed by atoms with Crippen LogP contribution in [0.3, 0.4) is 0 Å². The van der Waals surface area contributed by atoms with Gasteiger partial charge in [0.2, 0.25) is 70.9 Å². The fraction of sp³-hybridized carbons (Fsp3) is 0.818. The molecule has 31 heteroatoms. The highest BCUT2D eigenvalue weighted by Crippen LogP contribution is 2.45. The number of amides is 12. The van der Waals surface area contributed by atoms with Crippen LogP contribution in [0.5, 0.6) is 0 Å². The average Bonchev–Trinajstić information content (AvgIpc) is 1.15. The molecule has 5 aliphatic carbocycles. The molecular formula is C77H120F6N12O13. The Balaban J connectivity index is 1.20. The summed E-state index contributed by atoms with van der Waals surface area (Å²) < 4.78 is 94.0. The van der Waals surface area contributed by atoms with E-state index in [4.69, 9.17) is 4.74 Å². The number of alkyl halides is 6. The Morgan fingerprint density at radius 2 is 1.29 bits per heavy atom. The Morgan fingerprint density at radius 1 is 0.648 bits per heavy atom. The third-order valence-electron chi connectivity index (χ3n) is 25.2. The molecular weight excluding hydrogens is 1410 g/mol. The lowest BCUT2D eigenvalue weighted by molar-refractivity contribution is -0.219. The summed E-state index contributed by atoms with van der Waals surface area (Å²) in [5.41, 5.74) is -1.66. The second kappa shape index (κ2) is 37.8. The molecule has 0 radical (unpaired) electrons. The number of hydrogen-bond acceptors (Lipinski definition) is 13. The lowest BCUT2D eigenvalue weighted by Gasteiger charge is -2.46. The first-order chi connectivity index (χ1) is 50.9. The summed E-state index contributed by atoms with van der Waals surface area (Å²) in [5, 5.41) is 8.61. The van der Waals surface area contributed by atoms with Gasteiger partial charge in [0.1, 0.15) is 78.3 Å². The average molecular weight is 1540 g/mol. The van der Waals surface area contributed by atoms with Crippen LogP contribution in [-0.2, 0) is 62.3 Å². The van der Waals surface area contributed by atoms with Crippen LogP contribution in [0.15, 0.2) is 12.2 Å². The van der Waals surface area contributed by atoms with Gasteiger partial charge in [-0.05, 0) is 145 Å². The molecule has 1 spiro atoms. The van der Waals surface area contributed by atoms with Crippen molar-refractivity contribution in [1.82, 2.24) is 60.0 Å². The second-order valence-electron chi connectivity index (χ2n) is 32.8. The van der Waals surface area contributed by atoms with Crippen LogP contribution in [0.25, 0.3) is 0 Å². The SMILES string of the molecule is CCO[C@@H]1C[C@H]2C(=O)NC3(CCC3)C(=O)N(C)[C@@H](C3CCCC3)C(=O)N(C)[C@H](C(=O)N(C)C)CC(=O)N(C)[C@@H](CC3CCCC3)C(=O)N[C@@H]([C@@H](C)CC)C(=O)N(C)CC(=O)N(C)[C@H]3C/C=C\CCN(C3=O)[C@@H](CC3CCC(F)CC3C)C(=O)N(C)CC(=O)N[C@@H](CCC3CC(F)C(C(F)(F)F)C(F)C3)C(=O)N2C1. The van der Waals surface area contributed by atoms with E-state index in [-0.39, 0.29) is 102 Å². The van der Waals surface area contributed by atoms with Crippen molar-refractivity contribution in [2.45, 2.75) is 273 Å². The van der Waals surface area contributed by atoms with E-state index in [1.165, 1.54) is 80.9 Å². The molecule has 608 valence electrons. The first-order valence-electron chi connectivity index (χ1n) is 39.5. The zero-order valence-electron chi connectivity index (χ0n) is 65.4. The van der Waals surface area contributed by atoms with Gasteiger partial charge in [0.25, 0.3) is 0 Å². The lowest BCUT2D eigenvalue weighted by Crippen LogP contribution is -2.68. The van der Waals surface area contributed by atoms with Crippen molar-refractivity contribution in [2.24, 2.45) is 41.4 Å². The van der Waals surface area contributed by atoms with Crippen LogP contribution >= 0.6 is 0 Å². The number of halogens is 6. The summed E-state index contributed by atoms with van der Waals surface area (Å²) >= 11 is 0. The van der Waals surface area contributed by atoms with E-state index < -0.39 is 218 Å². The van der Waals surface area contributed by atoms with Gasteiger partial charge in [0.15, 0.2) is 0 Å². The van der Waals surface area contributed by atoms with Gasteiger partial charge in [-0.25, -0.2) is 13.2 Å². The fourth-order valence-electron chi connectivity index (χ4n) is 18.1. The van der Waals surface area contributed by atoms with E-state index >= 15 is 51.5 Å². The summed E-state index contributed by atoms with van der Waals surface area (Å²) in [6.45, 7) is 5.56. The van der Waals surface area contributed by atoms with Crippen LogP contribution < -0.4 is 16.0 Å². The topological polar surface area (TPSA) is 279 Å². The van der Waals surface area contributed by atoms with Gasteiger partial charge in [-0.15, -0.1) is 0 Å². The third kappa shape index (κ3) is 20.5. The second-order valence-corrected chi connectivity index (χ2v) is 32.8. The van der Waals surface area contributed by atoms with Crippen molar-refractivity contribution < 1.29 is 88.6 Å². The minimum atomic E-state index is -5.19. The molecule has 5 saturated carbocycles. The van der Waals surface area contributed by atoms with Gasteiger partial charge in [0, 0.05) is 82.5 Å². The van der Waals surface area contributed by atoms with Gasteiger partial charge in [0.05, 0.1) is 25.6 Å². The van der Waals surface area contributed by atoms with Crippen molar-refractivity contribution in [1.29, 1.82) is 0 Å². The summed E-state index contributed by atoms with van der Waals surface area (Å²) in [6.07, 6.45) is -4.00. The number of carbonyl (C=O) groups is 12. The minimum absolute atomic E-state index is 0.00254. The summed E-state index contributed by atoms with van der Waals surface area (Å²) in [5.74, 6) is -14.3. The number of fused-ring (bicyclic) bond motifs is 3. The fourth-order valence-corrected chi connectivity index (χ4v) is 18.1. The van der Waals surface area contributed by atoms with E-state index in [1.807, 2.05) is 13.8 Å². The van der Waals surface area contributed by atoms with Crippen molar-refractivity contribution in [2.75, 3.05) is 89.2 Å². The minimum Gasteiger partial charge on any atom is -0.377 e. The van der Waals surface area contributed by atoms with Crippen LogP contribution in [0.2, 0.25) is 0 Å². The normalized spacial score (nSPS) is 33.4. The smallest absolute Gasteiger partial charge is 0.377 e. The molecule has 8 aliphatic rings. The molecule has 12 amide bonds. The number of likely N-dealkylation sites (N-methyl/N-ethyl adjacent to an activating group) is 7. The first-order valence-corrected chi connectivity index (χ1v) is 39.5. The number of ether oxygens (including phenoxy) is 1. The Kier molecular flexibility index (Phi) is 30.2. The van der Waals surface area contributed by atoms with Crippen LogP contribution in [0.1, 0.15) is 188 Å². The molecule has 0 aromatic rings. The maximum atomic E-state index is 15.6. The van der Waals surface area contributed by atoms with Crippen molar-refractivity contribution in [3.8, 4) is 0 Å². The Morgan fingerprint density at radius 3 is 1.88 bits per heavy atom. The molecule has 2 bridgehead atoms. The molecule has 2 saturated heterocycles. The highest BCUT2D eigenvalue weighted by molar-refractivity contribution is 6.01. The van der Waals surface area contributed by atoms with Gasteiger partial charge in [-0.1, -0.05) is 77.9 Å². The number of nitrogens with zero attached hydrogens (tertiary/aromatic N) is 9. The summed E-state index contributed by atoms with van der Waals surface area (Å²) in [7, 11) is 11.3. The predicted octanol–water partition coefficient (Wildman–Crippen LogP) is 6.29. The van der Waals surface area contributed by atoms with Gasteiger partial charge in [-0.2, -0.15) is 13.2 Å². The molecule has 8 rings (SSSR count).